The van der Waals surface area contributed by atoms with Crippen LogP contribution >= 0.6 is 0 Å². The van der Waals surface area contributed by atoms with Gasteiger partial charge in [-0.25, -0.2) is 4.98 Å². The maximum Gasteiger partial charge on any atom is 0.264 e. The average Bonchev–Trinajstić information content (AvgIpc) is 3.33. The Labute approximate surface area is 145 Å². The van der Waals surface area contributed by atoms with E-state index in [1.54, 1.807) is 6.20 Å². The zero-order valence-corrected chi connectivity index (χ0v) is 13.5. The van der Waals surface area contributed by atoms with E-state index < -0.39 is 0 Å². The zero-order chi connectivity index (χ0) is 16.9. The largest absolute Gasteiger partial charge is 0.347 e. The van der Waals surface area contributed by atoms with Gasteiger partial charge in [0.1, 0.15) is 0 Å². The standard InChI is InChI=1S/C19H17N5O/c1-2-7-17(8-3-1)18-22-19(23-25-18)21-12-15-5-4-6-16(11-15)13-24-10-9-20-14-24/h1-11,14H,12-13H2,(H,21,23). The number of benzene rings is 2. The van der Waals surface area contributed by atoms with E-state index in [9.17, 15) is 0 Å². The van der Waals surface area contributed by atoms with Gasteiger partial charge < -0.3 is 14.4 Å². The highest BCUT2D eigenvalue weighted by Gasteiger charge is 2.08. The molecular weight excluding hydrogens is 314 g/mol. The number of nitrogens with one attached hydrogen (secondary N) is 1. The van der Waals surface area contributed by atoms with Crippen molar-refractivity contribution in [1.29, 1.82) is 0 Å². The van der Waals surface area contributed by atoms with Crippen LogP contribution in [0.1, 0.15) is 11.1 Å². The number of imidazole rings is 1. The fourth-order valence-electron chi connectivity index (χ4n) is 2.60. The van der Waals surface area contributed by atoms with Gasteiger partial charge in [0.15, 0.2) is 0 Å². The minimum atomic E-state index is 0.485. The number of aromatic nitrogens is 4. The van der Waals surface area contributed by atoms with Gasteiger partial charge in [-0.3, -0.25) is 0 Å². The van der Waals surface area contributed by atoms with Gasteiger partial charge >= 0.3 is 0 Å². The molecule has 0 saturated carbocycles. The lowest BCUT2D eigenvalue weighted by Crippen LogP contribution is -2.02. The van der Waals surface area contributed by atoms with Crippen molar-refractivity contribution < 1.29 is 4.52 Å². The Balaban J connectivity index is 1.41. The Morgan fingerprint density at radius 3 is 2.72 bits per heavy atom. The molecule has 4 aromatic rings. The number of hydrogen-bond donors (Lipinski definition) is 1. The molecule has 2 heterocycles. The molecule has 0 saturated heterocycles. The topological polar surface area (TPSA) is 68.8 Å². The van der Waals surface area contributed by atoms with Gasteiger partial charge in [-0.15, -0.1) is 0 Å². The predicted molar refractivity (Wildman–Crippen MR) is 94.8 cm³/mol. The summed E-state index contributed by atoms with van der Waals surface area (Å²) in [6, 6.07) is 18.1. The molecule has 0 aliphatic heterocycles. The summed E-state index contributed by atoms with van der Waals surface area (Å²) in [5, 5.41) is 7.18. The summed E-state index contributed by atoms with van der Waals surface area (Å²) in [6.07, 6.45) is 5.55. The smallest absolute Gasteiger partial charge is 0.264 e. The molecule has 0 atom stereocenters. The van der Waals surface area contributed by atoms with Gasteiger partial charge in [0.05, 0.1) is 6.33 Å². The first-order chi connectivity index (χ1) is 12.4. The average molecular weight is 331 g/mol. The molecule has 25 heavy (non-hydrogen) atoms. The normalized spacial score (nSPS) is 10.7. The van der Waals surface area contributed by atoms with E-state index in [0.717, 1.165) is 17.7 Å². The Bertz CT molecular complexity index is 931. The lowest BCUT2D eigenvalue weighted by Gasteiger charge is -2.06. The molecule has 2 aromatic carbocycles. The van der Waals surface area contributed by atoms with E-state index in [4.69, 9.17) is 4.52 Å². The Morgan fingerprint density at radius 1 is 1.00 bits per heavy atom. The summed E-state index contributed by atoms with van der Waals surface area (Å²) in [4.78, 5) is 8.45. The van der Waals surface area contributed by atoms with Crippen LogP contribution in [0, 0.1) is 0 Å². The third-order valence-corrected chi connectivity index (χ3v) is 3.81. The Kier molecular flexibility index (Phi) is 4.24. The van der Waals surface area contributed by atoms with Crippen LogP contribution < -0.4 is 5.32 Å². The molecule has 6 nitrogen and oxygen atoms in total. The van der Waals surface area contributed by atoms with Crippen molar-refractivity contribution in [2.45, 2.75) is 13.1 Å². The molecule has 6 heteroatoms. The van der Waals surface area contributed by atoms with Crippen LogP contribution in [0.5, 0.6) is 0 Å². The van der Waals surface area contributed by atoms with Crippen LogP contribution in [0.3, 0.4) is 0 Å². The highest BCUT2D eigenvalue weighted by Crippen LogP contribution is 2.18. The Hall–Kier alpha value is -3.41. The van der Waals surface area contributed by atoms with Crippen molar-refractivity contribution in [3.05, 3.63) is 84.4 Å². The second-order valence-electron chi connectivity index (χ2n) is 5.70. The van der Waals surface area contributed by atoms with Crippen LogP contribution in [0.2, 0.25) is 0 Å². The van der Waals surface area contributed by atoms with Crippen LogP contribution in [0.25, 0.3) is 11.5 Å². The first-order valence-electron chi connectivity index (χ1n) is 8.03. The lowest BCUT2D eigenvalue weighted by atomic mass is 10.1. The fourth-order valence-corrected chi connectivity index (χ4v) is 2.60. The molecule has 124 valence electrons. The molecule has 0 fully saturated rings. The van der Waals surface area contributed by atoms with Gasteiger partial charge in [-0.05, 0) is 28.4 Å². The van der Waals surface area contributed by atoms with E-state index >= 15 is 0 Å². The quantitative estimate of drug-likeness (QED) is 0.585. The fraction of sp³-hybridized carbons (Fsp3) is 0.105. The summed E-state index contributed by atoms with van der Waals surface area (Å²) >= 11 is 0. The van der Waals surface area contributed by atoms with Gasteiger partial charge in [0.2, 0.25) is 0 Å². The molecule has 0 aliphatic rings. The predicted octanol–water partition coefficient (Wildman–Crippen LogP) is 3.59. The van der Waals surface area contributed by atoms with E-state index in [1.807, 2.05) is 47.4 Å². The van der Waals surface area contributed by atoms with Crippen LogP contribution in [-0.4, -0.2) is 19.7 Å². The maximum absolute atomic E-state index is 5.30. The summed E-state index contributed by atoms with van der Waals surface area (Å²) in [5.74, 6) is 0.996. The maximum atomic E-state index is 5.30. The monoisotopic (exact) mass is 331 g/mol. The molecule has 0 radical (unpaired) electrons. The molecule has 0 bridgehead atoms. The number of rotatable bonds is 6. The first kappa shape index (κ1) is 15.1. The van der Waals surface area contributed by atoms with E-state index in [-0.39, 0.29) is 0 Å². The van der Waals surface area contributed by atoms with Crippen molar-refractivity contribution in [2.75, 3.05) is 5.32 Å². The van der Waals surface area contributed by atoms with Gasteiger partial charge in [-0.2, -0.15) is 4.98 Å². The molecule has 4 rings (SSSR count). The highest BCUT2D eigenvalue weighted by atomic mass is 16.5. The van der Waals surface area contributed by atoms with Gasteiger partial charge in [-0.1, -0.05) is 42.5 Å². The van der Waals surface area contributed by atoms with Crippen molar-refractivity contribution in [3.8, 4) is 11.5 Å². The third kappa shape index (κ3) is 3.74. The van der Waals surface area contributed by atoms with Crippen molar-refractivity contribution in [2.24, 2.45) is 0 Å². The summed E-state index contributed by atoms with van der Waals surface area (Å²) in [5.41, 5.74) is 3.28. The van der Waals surface area contributed by atoms with Crippen molar-refractivity contribution in [1.82, 2.24) is 19.7 Å². The molecule has 0 amide bonds. The molecular formula is C19H17N5O. The zero-order valence-electron chi connectivity index (χ0n) is 13.5. The Morgan fingerprint density at radius 2 is 1.88 bits per heavy atom. The first-order valence-corrected chi connectivity index (χ1v) is 8.03. The molecule has 2 aromatic heterocycles. The third-order valence-electron chi connectivity index (χ3n) is 3.81. The summed E-state index contributed by atoms with van der Waals surface area (Å²) < 4.78 is 7.34. The van der Waals surface area contributed by atoms with Crippen molar-refractivity contribution in [3.63, 3.8) is 0 Å². The molecule has 0 aliphatic carbocycles. The molecule has 0 spiro atoms. The van der Waals surface area contributed by atoms with Gasteiger partial charge in [0.25, 0.3) is 11.8 Å². The van der Waals surface area contributed by atoms with Gasteiger partial charge in [0, 0.05) is 31.0 Å². The van der Waals surface area contributed by atoms with Crippen LogP contribution in [-0.2, 0) is 13.1 Å². The van der Waals surface area contributed by atoms with Crippen LogP contribution in [0.4, 0.5) is 5.95 Å². The lowest BCUT2D eigenvalue weighted by molar-refractivity contribution is 0.432. The number of hydrogen-bond acceptors (Lipinski definition) is 5. The molecule has 0 unspecified atom stereocenters. The highest BCUT2D eigenvalue weighted by molar-refractivity contribution is 5.53. The number of nitrogens with zero attached hydrogens (tertiary/aromatic N) is 4. The SMILES string of the molecule is c1ccc(-c2nc(NCc3cccc(Cn4ccnc4)c3)no2)cc1. The second kappa shape index (κ2) is 7.00. The minimum absolute atomic E-state index is 0.485. The molecule has 1 N–H and O–H groups in total. The number of anilines is 1. The summed E-state index contributed by atoms with van der Waals surface area (Å²) in [7, 11) is 0. The van der Waals surface area contributed by atoms with E-state index in [2.05, 4.69) is 44.7 Å². The summed E-state index contributed by atoms with van der Waals surface area (Å²) in [6.45, 7) is 1.43. The second-order valence-corrected chi connectivity index (χ2v) is 5.70. The van der Waals surface area contributed by atoms with Crippen LogP contribution in [0.15, 0.2) is 77.8 Å². The minimum Gasteiger partial charge on any atom is -0.347 e. The van der Waals surface area contributed by atoms with E-state index in [0.29, 0.717) is 18.4 Å². The van der Waals surface area contributed by atoms with Crippen molar-refractivity contribution >= 4 is 5.95 Å². The van der Waals surface area contributed by atoms with E-state index in [1.165, 1.54) is 5.56 Å².